The third kappa shape index (κ3) is 7.56. The second-order valence-electron chi connectivity index (χ2n) is 2.71. The standard InChI is InChI=1S/C9H8O2.C4H6O2/c1-2-11-9(10)8-6-4-3-5-7-8;1-3-6-4(2)5/h2-7H,1H2;3H,1H2,2H3. The molecule has 0 atom stereocenters. The molecule has 0 aliphatic carbocycles. The zero-order valence-corrected chi connectivity index (χ0v) is 9.59. The van der Waals surface area contributed by atoms with Gasteiger partial charge in [0.05, 0.1) is 18.1 Å². The number of hydrogen-bond acceptors (Lipinski definition) is 4. The molecule has 0 unspecified atom stereocenters. The van der Waals surface area contributed by atoms with E-state index < -0.39 is 0 Å². The Balaban J connectivity index is 0.000000366. The molecule has 0 aromatic heterocycles. The van der Waals surface area contributed by atoms with Gasteiger partial charge in [0.2, 0.25) is 0 Å². The van der Waals surface area contributed by atoms with Crippen LogP contribution in [0.25, 0.3) is 0 Å². The average molecular weight is 234 g/mol. The van der Waals surface area contributed by atoms with Crippen LogP contribution in [0.5, 0.6) is 0 Å². The van der Waals surface area contributed by atoms with E-state index in [9.17, 15) is 9.59 Å². The Morgan fingerprint density at radius 3 is 1.94 bits per heavy atom. The van der Waals surface area contributed by atoms with Crippen LogP contribution >= 0.6 is 0 Å². The lowest BCUT2D eigenvalue weighted by Gasteiger charge is -1.96. The van der Waals surface area contributed by atoms with Crippen LogP contribution < -0.4 is 0 Å². The molecule has 0 bridgehead atoms. The van der Waals surface area contributed by atoms with Gasteiger partial charge in [-0.3, -0.25) is 4.79 Å². The summed E-state index contributed by atoms with van der Waals surface area (Å²) in [5, 5.41) is 0. The first-order chi connectivity index (χ1) is 8.11. The van der Waals surface area contributed by atoms with Crippen LogP contribution in [0, 0.1) is 0 Å². The quantitative estimate of drug-likeness (QED) is 0.596. The number of carbonyl (C=O) groups excluding carboxylic acids is 2. The first-order valence-corrected chi connectivity index (χ1v) is 4.77. The van der Waals surface area contributed by atoms with Crippen molar-refractivity contribution in [3.8, 4) is 0 Å². The number of benzene rings is 1. The summed E-state index contributed by atoms with van der Waals surface area (Å²) in [6.07, 6.45) is 2.22. The van der Waals surface area contributed by atoms with E-state index in [1.807, 2.05) is 6.07 Å². The normalized spacial score (nSPS) is 8.06. The van der Waals surface area contributed by atoms with Gasteiger partial charge >= 0.3 is 11.9 Å². The van der Waals surface area contributed by atoms with E-state index in [1.165, 1.54) is 6.92 Å². The Morgan fingerprint density at radius 1 is 1.06 bits per heavy atom. The van der Waals surface area contributed by atoms with Crippen LogP contribution in [-0.2, 0) is 14.3 Å². The molecule has 4 nitrogen and oxygen atoms in total. The maximum atomic E-state index is 11.0. The summed E-state index contributed by atoms with van der Waals surface area (Å²) in [5.74, 6) is -0.703. The Kier molecular flexibility index (Phi) is 7.67. The van der Waals surface area contributed by atoms with Gasteiger partial charge in [0.15, 0.2) is 0 Å². The van der Waals surface area contributed by atoms with Crippen LogP contribution in [0.4, 0.5) is 0 Å². The molecule has 4 heteroatoms. The third-order valence-corrected chi connectivity index (χ3v) is 1.45. The lowest BCUT2D eigenvalue weighted by Crippen LogP contribution is -1.98. The monoisotopic (exact) mass is 234 g/mol. The average Bonchev–Trinajstić information content (AvgIpc) is 2.31. The fraction of sp³-hybridized carbons (Fsp3) is 0.0769. The summed E-state index contributed by atoms with van der Waals surface area (Å²) in [7, 11) is 0. The van der Waals surface area contributed by atoms with Gasteiger partial charge in [-0.05, 0) is 12.1 Å². The zero-order valence-electron chi connectivity index (χ0n) is 9.59. The molecular weight excluding hydrogens is 220 g/mol. The first kappa shape index (κ1) is 14.6. The van der Waals surface area contributed by atoms with E-state index in [-0.39, 0.29) is 11.9 Å². The number of hydrogen-bond donors (Lipinski definition) is 0. The minimum atomic E-state index is -0.374. The first-order valence-electron chi connectivity index (χ1n) is 4.77. The van der Waals surface area contributed by atoms with Gasteiger partial charge in [-0.25, -0.2) is 4.79 Å². The molecule has 0 saturated carbocycles. The van der Waals surface area contributed by atoms with Gasteiger partial charge in [0.25, 0.3) is 0 Å². The molecule has 0 amide bonds. The summed E-state index contributed by atoms with van der Waals surface area (Å²) in [5.41, 5.74) is 0.535. The smallest absolute Gasteiger partial charge is 0.342 e. The highest BCUT2D eigenvalue weighted by atomic mass is 16.5. The molecular formula is C13H14O4. The molecule has 1 rings (SSSR count). The number of rotatable bonds is 3. The highest BCUT2D eigenvalue weighted by Crippen LogP contribution is 2.00. The highest BCUT2D eigenvalue weighted by molar-refractivity contribution is 5.89. The fourth-order valence-electron chi connectivity index (χ4n) is 0.835. The maximum absolute atomic E-state index is 11.0. The van der Waals surface area contributed by atoms with Crippen molar-refractivity contribution in [1.82, 2.24) is 0 Å². The molecule has 0 aliphatic rings. The Morgan fingerprint density at radius 2 is 1.59 bits per heavy atom. The van der Waals surface area contributed by atoms with Crippen molar-refractivity contribution in [2.24, 2.45) is 0 Å². The predicted octanol–water partition coefficient (Wildman–Crippen LogP) is 2.68. The van der Waals surface area contributed by atoms with Crippen molar-refractivity contribution >= 4 is 11.9 Å². The number of carbonyl (C=O) groups is 2. The minimum absolute atomic E-state index is 0.329. The largest absolute Gasteiger partial charge is 0.435 e. The topological polar surface area (TPSA) is 52.6 Å². The van der Waals surface area contributed by atoms with Crippen LogP contribution in [-0.4, -0.2) is 11.9 Å². The highest BCUT2D eigenvalue weighted by Gasteiger charge is 2.01. The van der Waals surface area contributed by atoms with Gasteiger partial charge in [0.1, 0.15) is 0 Å². The molecule has 0 spiro atoms. The van der Waals surface area contributed by atoms with Crippen molar-refractivity contribution in [2.45, 2.75) is 6.92 Å². The molecule has 0 radical (unpaired) electrons. The summed E-state index contributed by atoms with van der Waals surface area (Å²) >= 11 is 0. The van der Waals surface area contributed by atoms with Crippen molar-refractivity contribution < 1.29 is 19.1 Å². The molecule has 1 aromatic carbocycles. The second-order valence-corrected chi connectivity index (χ2v) is 2.71. The van der Waals surface area contributed by atoms with Crippen LogP contribution in [0.3, 0.4) is 0 Å². The molecule has 1 aromatic rings. The van der Waals surface area contributed by atoms with Gasteiger partial charge in [-0.15, -0.1) is 0 Å². The van der Waals surface area contributed by atoms with Crippen molar-refractivity contribution in [1.29, 1.82) is 0 Å². The number of ether oxygens (including phenoxy) is 2. The zero-order chi connectivity index (χ0) is 13.1. The lowest BCUT2D eigenvalue weighted by molar-refractivity contribution is -0.135. The Hall–Kier alpha value is -2.36. The predicted molar refractivity (Wildman–Crippen MR) is 64.0 cm³/mol. The van der Waals surface area contributed by atoms with Crippen molar-refractivity contribution in [3.05, 3.63) is 61.6 Å². The summed E-state index contributed by atoms with van der Waals surface area (Å²) in [6.45, 7) is 7.76. The summed E-state index contributed by atoms with van der Waals surface area (Å²) in [6, 6.07) is 8.77. The summed E-state index contributed by atoms with van der Waals surface area (Å²) < 4.78 is 8.72. The molecule has 90 valence electrons. The fourth-order valence-corrected chi connectivity index (χ4v) is 0.835. The van der Waals surface area contributed by atoms with Crippen LogP contribution in [0.15, 0.2) is 56.0 Å². The maximum Gasteiger partial charge on any atom is 0.342 e. The van der Waals surface area contributed by atoms with Crippen molar-refractivity contribution in [2.75, 3.05) is 0 Å². The van der Waals surface area contributed by atoms with Gasteiger partial charge < -0.3 is 9.47 Å². The number of esters is 2. The molecule has 0 heterocycles. The lowest BCUT2D eigenvalue weighted by atomic mass is 10.2. The third-order valence-electron chi connectivity index (χ3n) is 1.45. The summed E-state index contributed by atoms with van der Waals surface area (Å²) in [4.78, 5) is 20.7. The Bertz CT molecular complexity index is 382. The van der Waals surface area contributed by atoms with E-state index in [2.05, 4.69) is 22.6 Å². The Labute approximate surface area is 100 Å². The van der Waals surface area contributed by atoms with Gasteiger partial charge in [0, 0.05) is 6.92 Å². The SMILES string of the molecule is C=COC(=O)c1ccccc1.C=COC(C)=O. The second kappa shape index (κ2) is 8.91. The van der Waals surface area contributed by atoms with E-state index in [4.69, 9.17) is 0 Å². The van der Waals surface area contributed by atoms with E-state index in [0.717, 1.165) is 12.5 Å². The van der Waals surface area contributed by atoms with Crippen LogP contribution in [0.1, 0.15) is 17.3 Å². The van der Waals surface area contributed by atoms with E-state index in [1.54, 1.807) is 24.3 Å². The van der Waals surface area contributed by atoms with E-state index >= 15 is 0 Å². The van der Waals surface area contributed by atoms with Gasteiger partial charge in [-0.2, -0.15) is 0 Å². The van der Waals surface area contributed by atoms with Crippen LogP contribution in [0.2, 0.25) is 0 Å². The molecule has 0 saturated heterocycles. The molecule has 17 heavy (non-hydrogen) atoms. The van der Waals surface area contributed by atoms with E-state index in [0.29, 0.717) is 5.56 Å². The van der Waals surface area contributed by atoms with Crippen molar-refractivity contribution in [3.63, 3.8) is 0 Å². The molecule has 0 fully saturated rings. The molecule has 0 N–H and O–H groups in total. The minimum Gasteiger partial charge on any atom is -0.435 e. The van der Waals surface area contributed by atoms with Gasteiger partial charge in [-0.1, -0.05) is 31.4 Å². The molecule has 0 aliphatic heterocycles.